The minimum atomic E-state index is -0.711. The zero-order valence-corrected chi connectivity index (χ0v) is 9.41. The van der Waals surface area contributed by atoms with Gasteiger partial charge in [0.15, 0.2) is 0 Å². The Balaban J connectivity index is 2.79. The van der Waals surface area contributed by atoms with E-state index >= 15 is 0 Å². The second kappa shape index (κ2) is 4.02. The normalized spacial score (nSPS) is 11.2. The van der Waals surface area contributed by atoms with Crippen molar-refractivity contribution in [3.8, 4) is 0 Å². The highest BCUT2D eigenvalue weighted by Crippen LogP contribution is 2.09. The average molecular weight is 231 g/mol. The lowest BCUT2D eigenvalue weighted by molar-refractivity contribution is 0.0536. The van der Waals surface area contributed by atoms with Crippen LogP contribution < -0.4 is 0 Å². The van der Waals surface area contributed by atoms with Gasteiger partial charge in [0.25, 0.3) is 5.24 Å². The van der Waals surface area contributed by atoms with Gasteiger partial charge >= 0.3 is 6.09 Å². The SMILES string of the molecule is CC(C)(C)OC(=O)n1cnc(C(=O)Cl)c1. The molecule has 0 amide bonds. The summed E-state index contributed by atoms with van der Waals surface area (Å²) in [6.45, 7) is 5.24. The Morgan fingerprint density at radius 1 is 1.47 bits per heavy atom. The van der Waals surface area contributed by atoms with Gasteiger partial charge in [-0.3, -0.25) is 4.79 Å². The summed E-state index contributed by atoms with van der Waals surface area (Å²) in [5.41, 5.74) is -0.575. The third-order valence-electron chi connectivity index (χ3n) is 1.39. The number of hydrogen-bond donors (Lipinski definition) is 0. The van der Waals surface area contributed by atoms with Crippen LogP contribution in [0.1, 0.15) is 31.3 Å². The molecule has 0 aliphatic rings. The number of ether oxygens (including phenoxy) is 1. The van der Waals surface area contributed by atoms with Crippen molar-refractivity contribution < 1.29 is 14.3 Å². The maximum Gasteiger partial charge on any atom is 0.419 e. The molecule has 6 heteroatoms. The maximum absolute atomic E-state index is 11.4. The minimum Gasteiger partial charge on any atom is -0.443 e. The zero-order chi connectivity index (χ0) is 11.6. The quantitative estimate of drug-likeness (QED) is 0.693. The average Bonchev–Trinajstić information content (AvgIpc) is 2.47. The molecule has 0 bridgehead atoms. The molecule has 0 atom stereocenters. The topological polar surface area (TPSA) is 61.2 Å². The van der Waals surface area contributed by atoms with E-state index in [4.69, 9.17) is 16.3 Å². The van der Waals surface area contributed by atoms with E-state index in [-0.39, 0.29) is 5.69 Å². The number of halogens is 1. The van der Waals surface area contributed by atoms with Crippen LogP contribution in [0.5, 0.6) is 0 Å². The first-order valence-corrected chi connectivity index (χ1v) is 4.64. The molecule has 0 aromatic carbocycles. The zero-order valence-electron chi connectivity index (χ0n) is 8.65. The fourth-order valence-electron chi connectivity index (χ4n) is 0.839. The van der Waals surface area contributed by atoms with E-state index in [1.807, 2.05) is 0 Å². The second-order valence-corrected chi connectivity index (χ2v) is 4.26. The van der Waals surface area contributed by atoms with Crippen LogP contribution in [0, 0.1) is 0 Å². The molecule has 1 aromatic heterocycles. The van der Waals surface area contributed by atoms with Crippen LogP contribution >= 0.6 is 11.6 Å². The van der Waals surface area contributed by atoms with Crippen molar-refractivity contribution in [2.24, 2.45) is 0 Å². The third kappa shape index (κ3) is 3.36. The number of carbonyl (C=O) groups excluding carboxylic acids is 2. The molecule has 0 radical (unpaired) electrons. The van der Waals surface area contributed by atoms with Gasteiger partial charge in [-0.15, -0.1) is 0 Å². The molecule has 1 heterocycles. The molecule has 15 heavy (non-hydrogen) atoms. The van der Waals surface area contributed by atoms with E-state index < -0.39 is 16.9 Å². The number of imidazole rings is 1. The highest BCUT2D eigenvalue weighted by molar-refractivity contribution is 6.67. The van der Waals surface area contributed by atoms with Crippen LogP contribution in [0.25, 0.3) is 0 Å². The van der Waals surface area contributed by atoms with Crippen LogP contribution in [0.15, 0.2) is 12.5 Å². The van der Waals surface area contributed by atoms with Crippen molar-refractivity contribution in [1.82, 2.24) is 9.55 Å². The minimum absolute atomic E-state index is 0.0162. The summed E-state index contributed by atoms with van der Waals surface area (Å²) in [7, 11) is 0. The summed E-state index contributed by atoms with van der Waals surface area (Å²) in [5, 5.41) is -0.711. The van der Waals surface area contributed by atoms with E-state index in [0.717, 1.165) is 4.57 Å². The van der Waals surface area contributed by atoms with E-state index in [1.165, 1.54) is 12.5 Å². The highest BCUT2D eigenvalue weighted by atomic mass is 35.5. The van der Waals surface area contributed by atoms with Gasteiger partial charge < -0.3 is 4.74 Å². The Bertz CT molecular complexity index is 392. The lowest BCUT2D eigenvalue weighted by Gasteiger charge is -2.18. The molecule has 0 saturated heterocycles. The molecule has 0 aliphatic carbocycles. The summed E-state index contributed by atoms with van der Waals surface area (Å²) in [6, 6.07) is 0. The molecule has 0 unspecified atom stereocenters. The van der Waals surface area contributed by atoms with Crippen molar-refractivity contribution in [2.45, 2.75) is 26.4 Å². The maximum atomic E-state index is 11.4. The van der Waals surface area contributed by atoms with Gasteiger partial charge in [-0.05, 0) is 32.4 Å². The van der Waals surface area contributed by atoms with E-state index in [9.17, 15) is 9.59 Å². The fraction of sp³-hybridized carbons (Fsp3) is 0.444. The molecule has 0 spiro atoms. The Morgan fingerprint density at radius 3 is 2.47 bits per heavy atom. The highest BCUT2D eigenvalue weighted by Gasteiger charge is 2.18. The Morgan fingerprint density at radius 2 is 2.07 bits per heavy atom. The van der Waals surface area contributed by atoms with Crippen LogP contribution in [-0.2, 0) is 4.74 Å². The van der Waals surface area contributed by atoms with Crippen LogP contribution in [0.3, 0.4) is 0 Å². The predicted octanol–water partition coefficient (Wildman–Crippen LogP) is 2.05. The van der Waals surface area contributed by atoms with Crippen molar-refractivity contribution in [1.29, 1.82) is 0 Å². The fourth-order valence-corrected chi connectivity index (χ4v) is 0.936. The van der Waals surface area contributed by atoms with Gasteiger partial charge in [0.2, 0.25) is 0 Å². The number of nitrogens with zero attached hydrogens (tertiary/aromatic N) is 2. The van der Waals surface area contributed by atoms with Crippen molar-refractivity contribution in [3.05, 3.63) is 18.2 Å². The summed E-state index contributed by atoms with van der Waals surface area (Å²) in [4.78, 5) is 25.8. The molecule has 0 fully saturated rings. The van der Waals surface area contributed by atoms with Crippen molar-refractivity contribution >= 4 is 22.9 Å². The van der Waals surface area contributed by atoms with E-state index in [0.29, 0.717) is 0 Å². The van der Waals surface area contributed by atoms with Gasteiger partial charge in [-0.2, -0.15) is 0 Å². The monoisotopic (exact) mass is 230 g/mol. The van der Waals surface area contributed by atoms with E-state index in [2.05, 4.69) is 4.98 Å². The van der Waals surface area contributed by atoms with Crippen LogP contribution in [0.2, 0.25) is 0 Å². The largest absolute Gasteiger partial charge is 0.443 e. The predicted molar refractivity (Wildman–Crippen MR) is 54.0 cm³/mol. The number of rotatable bonds is 1. The van der Waals surface area contributed by atoms with Gasteiger partial charge in [-0.25, -0.2) is 14.3 Å². The lowest BCUT2D eigenvalue weighted by Crippen LogP contribution is -2.26. The first kappa shape index (κ1) is 11.7. The van der Waals surface area contributed by atoms with Crippen molar-refractivity contribution in [3.63, 3.8) is 0 Å². The Hall–Kier alpha value is -1.36. The summed E-state index contributed by atoms with van der Waals surface area (Å²) in [5.74, 6) is 0. The number of carbonyl (C=O) groups is 2. The van der Waals surface area contributed by atoms with Gasteiger partial charge in [-0.1, -0.05) is 0 Å². The summed E-state index contributed by atoms with van der Waals surface area (Å²) < 4.78 is 6.12. The van der Waals surface area contributed by atoms with Crippen LogP contribution in [0.4, 0.5) is 4.79 Å². The molecular weight excluding hydrogens is 220 g/mol. The molecule has 82 valence electrons. The molecule has 5 nitrogen and oxygen atoms in total. The standard InChI is InChI=1S/C9H11ClN2O3/c1-9(2,3)15-8(14)12-4-6(7(10)13)11-5-12/h4-5H,1-3H3. The Labute approximate surface area is 92.0 Å². The molecule has 0 saturated carbocycles. The third-order valence-corrected chi connectivity index (χ3v) is 1.58. The number of aromatic nitrogens is 2. The number of hydrogen-bond acceptors (Lipinski definition) is 4. The van der Waals surface area contributed by atoms with Gasteiger partial charge in [0.05, 0.1) is 0 Å². The Kier molecular flexibility index (Phi) is 3.14. The van der Waals surface area contributed by atoms with Gasteiger partial charge in [0, 0.05) is 6.20 Å². The van der Waals surface area contributed by atoms with Gasteiger partial charge in [0.1, 0.15) is 17.6 Å². The summed E-state index contributed by atoms with van der Waals surface area (Å²) >= 11 is 5.19. The molecular formula is C9H11ClN2O3. The first-order chi connectivity index (χ1) is 6.79. The molecule has 0 aliphatic heterocycles. The molecule has 1 rings (SSSR count). The summed E-state index contributed by atoms with van der Waals surface area (Å²) in [6.07, 6.45) is 1.81. The van der Waals surface area contributed by atoms with Crippen LogP contribution in [-0.4, -0.2) is 26.5 Å². The first-order valence-electron chi connectivity index (χ1n) is 4.27. The second-order valence-electron chi connectivity index (χ2n) is 3.92. The van der Waals surface area contributed by atoms with E-state index in [1.54, 1.807) is 20.8 Å². The smallest absolute Gasteiger partial charge is 0.419 e. The van der Waals surface area contributed by atoms with Crippen molar-refractivity contribution in [2.75, 3.05) is 0 Å². The molecule has 0 N–H and O–H groups in total. The lowest BCUT2D eigenvalue weighted by atomic mass is 10.2. The molecule has 1 aromatic rings.